The van der Waals surface area contributed by atoms with Crippen molar-refractivity contribution in [2.75, 3.05) is 32.4 Å². The van der Waals surface area contributed by atoms with Crippen molar-refractivity contribution < 1.29 is 22.7 Å². The number of benzene rings is 1. The molecular weight excluding hydrogens is 375 g/mol. The maximum Gasteiger partial charge on any atom is 0.229 e. The molecule has 0 bridgehead atoms. The Hall–Kier alpha value is -3.14. The molecule has 28 heavy (non-hydrogen) atoms. The molecule has 2 aromatic heterocycles. The van der Waals surface area contributed by atoms with Gasteiger partial charge in [0.2, 0.25) is 6.93 Å². The van der Waals surface area contributed by atoms with E-state index in [1.807, 2.05) is 7.05 Å². The fourth-order valence-electron chi connectivity index (χ4n) is 2.34. The van der Waals surface area contributed by atoms with Crippen molar-refractivity contribution in [3.63, 3.8) is 0 Å². The van der Waals surface area contributed by atoms with E-state index in [0.717, 1.165) is 0 Å². The van der Waals surface area contributed by atoms with Crippen LogP contribution in [-0.4, -0.2) is 48.0 Å². The molecule has 0 aliphatic rings. The van der Waals surface area contributed by atoms with Crippen LogP contribution in [0.4, 0.5) is 19.0 Å². The number of alkyl halides is 2. The Morgan fingerprint density at radius 2 is 2.07 bits per heavy atom. The van der Waals surface area contributed by atoms with Crippen LogP contribution in [0.3, 0.4) is 0 Å². The molecule has 3 rings (SSSR count). The van der Waals surface area contributed by atoms with E-state index >= 15 is 0 Å². The number of aldehydes is 1. The van der Waals surface area contributed by atoms with Crippen LogP contribution in [0.25, 0.3) is 5.65 Å². The Labute approximate surface area is 159 Å². The van der Waals surface area contributed by atoms with E-state index in [0.29, 0.717) is 54.3 Å². The lowest BCUT2D eigenvalue weighted by atomic mass is 10.2. The van der Waals surface area contributed by atoms with Crippen LogP contribution >= 0.6 is 0 Å². The monoisotopic (exact) mass is 395 g/mol. The molecule has 0 unspecified atom stereocenters. The average Bonchev–Trinajstić information content (AvgIpc) is 3.11. The number of hydrogen-bond acceptors (Lipinski definition) is 6. The molecule has 0 fully saturated rings. The molecule has 2 N–H and O–H groups in total. The van der Waals surface area contributed by atoms with Gasteiger partial charge in [0.25, 0.3) is 0 Å². The second kappa shape index (κ2) is 10.9. The summed E-state index contributed by atoms with van der Waals surface area (Å²) in [5, 5.41) is 10.1. The first-order valence-electron chi connectivity index (χ1n) is 8.34. The van der Waals surface area contributed by atoms with Crippen LogP contribution in [0.1, 0.15) is 15.9 Å². The third-order valence-corrected chi connectivity index (χ3v) is 3.62. The van der Waals surface area contributed by atoms with Gasteiger partial charge in [-0.15, -0.1) is 0 Å². The highest BCUT2D eigenvalue weighted by atomic mass is 19.3. The van der Waals surface area contributed by atoms with Gasteiger partial charge in [-0.3, -0.25) is 4.79 Å². The molecule has 0 saturated heterocycles. The number of nitrogens with zero attached hydrogens (tertiary/aromatic N) is 3. The van der Waals surface area contributed by atoms with Gasteiger partial charge in [-0.25, -0.2) is 22.7 Å². The number of likely N-dealkylation sites (N-methyl/N-ethyl adjacent to an activating group) is 1. The van der Waals surface area contributed by atoms with Gasteiger partial charge in [0.1, 0.15) is 24.0 Å². The highest BCUT2D eigenvalue weighted by Gasteiger charge is 2.08. The smallest absolute Gasteiger partial charge is 0.229 e. The molecule has 0 aliphatic carbocycles. The normalized spacial score (nSPS) is 10.3. The highest BCUT2D eigenvalue weighted by molar-refractivity contribution is 5.83. The number of nitrogens with one attached hydrogen (secondary N) is 2. The molecule has 0 saturated carbocycles. The minimum absolute atomic E-state index is 0.333. The number of carbonyl (C=O) groups excluding carboxylic acids is 1. The number of anilines is 1. The Morgan fingerprint density at radius 1 is 1.29 bits per heavy atom. The van der Waals surface area contributed by atoms with Crippen LogP contribution in [-0.2, 0) is 6.54 Å². The number of fused-ring (bicyclic) bond motifs is 1. The maximum absolute atomic E-state index is 13.6. The van der Waals surface area contributed by atoms with Gasteiger partial charge < -0.3 is 15.4 Å². The van der Waals surface area contributed by atoms with Gasteiger partial charge in [0.05, 0.1) is 11.8 Å². The lowest BCUT2D eigenvalue weighted by Crippen LogP contribution is -2.16. The number of aromatic nitrogens is 3. The van der Waals surface area contributed by atoms with Crippen LogP contribution in [0, 0.1) is 5.82 Å². The highest BCUT2D eigenvalue weighted by Crippen LogP contribution is 2.21. The van der Waals surface area contributed by atoms with E-state index in [1.54, 1.807) is 18.3 Å². The summed E-state index contributed by atoms with van der Waals surface area (Å²) in [6, 6.07) is 6.14. The Bertz CT molecular complexity index is 904. The van der Waals surface area contributed by atoms with Crippen LogP contribution in [0.2, 0.25) is 0 Å². The largest absolute Gasteiger partial charge is 0.492 e. The number of ether oxygens (including phenoxy) is 1. The first kappa shape index (κ1) is 21.2. The lowest BCUT2D eigenvalue weighted by molar-refractivity contribution is 0.112. The molecular formula is C18H20F3N5O2. The molecule has 150 valence electrons. The summed E-state index contributed by atoms with van der Waals surface area (Å²) < 4.78 is 40.0. The first-order chi connectivity index (χ1) is 13.6. The second-order valence-corrected chi connectivity index (χ2v) is 5.46. The van der Waals surface area contributed by atoms with Crippen molar-refractivity contribution in [2.45, 2.75) is 6.54 Å². The summed E-state index contributed by atoms with van der Waals surface area (Å²) in [6.07, 6.45) is 3.87. The van der Waals surface area contributed by atoms with Crippen molar-refractivity contribution in [1.82, 2.24) is 19.9 Å². The Morgan fingerprint density at radius 3 is 2.79 bits per heavy atom. The van der Waals surface area contributed by atoms with E-state index in [2.05, 4.69) is 20.7 Å². The van der Waals surface area contributed by atoms with E-state index in [-0.39, 0.29) is 5.82 Å². The van der Waals surface area contributed by atoms with Crippen molar-refractivity contribution in [3.05, 3.63) is 53.6 Å². The third kappa shape index (κ3) is 5.68. The number of rotatable bonds is 8. The summed E-state index contributed by atoms with van der Waals surface area (Å²) in [4.78, 5) is 15.4. The van der Waals surface area contributed by atoms with Crippen molar-refractivity contribution in [1.29, 1.82) is 0 Å². The minimum Gasteiger partial charge on any atom is -0.492 e. The zero-order valence-electron chi connectivity index (χ0n) is 15.2. The fourth-order valence-corrected chi connectivity index (χ4v) is 2.34. The maximum atomic E-state index is 13.6. The van der Waals surface area contributed by atoms with E-state index in [4.69, 9.17) is 4.74 Å². The van der Waals surface area contributed by atoms with Crippen LogP contribution in [0.15, 0.2) is 36.7 Å². The van der Waals surface area contributed by atoms with E-state index in [1.165, 1.54) is 22.8 Å². The lowest BCUT2D eigenvalue weighted by Gasteiger charge is -2.13. The summed E-state index contributed by atoms with van der Waals surface area (Å²) >= 11 is 0. The number of carbonyl (C=O) groups is 1. The molecule has 2 heterocycles. The van der Waals surface area contributed by atoms with Crippen molar-refractivity contribution in [2.24, 2.45) is 0 Å². The molecule has 1 aromatic carbocycles. The Balaban J connectivity index is 0.000000878. The quantitative estimate of drug-likeness (QED) is 0.451. The van der Waals surface area contributed by atoms with E-state index in [9.17, 15) is 18.0 Å². The molecule has 10 heteroatoms. The molecule has 0 atom stereocenters. The molecule has 0 spiro atoms. The van der Waals surface area contributed by atoms with Crippen molar-refractivity contribution >= 4 is 17.8 Å². The molecule has 0 radical (unpaired) electrons. The predicted molar refractivity (Wildman–Crippen MR) is 98.6 cm³/mol. The molecule has 7 nitrogen and oxygen atoms in total. The van der Waals surface area contributed by atoms with Gasteiger partial charge in [-0.1, -0.05) is 0 Å². The topological polar surface area (TPSA) is 80.5 Å². The standard InChI is InChI=1S/C17H18FN5O2.CH2F2/c1-19-5-7-25-15-3-2-14(18)8-12(15)9-20-16-4-6-23-17(22-16)13(11-24)10-21-23;2-1-3/h2-4,6,8,10-11,19H,5,7,9H2,1H3,(H,20,22);1H2. The second-order valence-electron chi connectivity index (χ2n) is 5.46. The van der Waals surface area contributed by atoms with Gasteiger partial charge in [0, 0.05) is 24.8 Å². The summed E-state index contributed by atoms with van der Waals surface area (Å²) in [5.74, 6) is 0.838. The molecule has 0 amide bonds. The molecule has 0 aliphatic heterocycles. The van der Waals surface area contributed by atoms with Gasteiger partial charge in [-0.05, 0) is 31.3 Å². The zero-order chi connectivity index (χ0) is 20.4. The molecule has 3 aromatic rings. The SMILES string of the molecule is CNCCOc1ccc(F)cc1CNc1ccn2ncc(C=O)c2n1.FCF. The number of halogens is 3. The minimum atomic E-state index is -1.75. The van der Waals surface area contributed by atoms with Crippen LogP contribution in [0.5, 0.6) is 5.75 Å². The number of hydrogen-bond donors (Lipinski definition) is 2. The summed E-state index contributed by atoms with van der Waals surface area (Å²) in [6.45, 7) is -0.240. The van der Waals surface area contributed by atoms with Crippen LogP contribution < -0.4 is 15.4 Å². The van der Waals surface area contributed by atoms with E-state index < -0.39 is 6.93 Å². The van der Waals surface area contributed by atoms with Gasteiger partial charge >= 0.3 is 0 Å². The summed E-state index contributed by atoms with van der Waals surface area (Å²) in [7, 11) is 1.84. The summed E-state index contributed by atoms with van der Waals surface area (Å²) in [5.41, 5.74) is 1.55. The Kier molecular flexibility index (Phi) is 8.22. The first-order valence-corrected chi connectivity index (χ1v) is 8.34. The van der Waals surface area contributed by atoms with Gasteiger partial charge in [0.15, 0.2) is 11.9 Å². The van der Waals surface area contributed by atoms with Crippen molar-refractivity contribution in [3.8, 4) is 5.75 Å². The van der Waals surface area contributed by atoms with Gasteiger partial charge in [-0.2, -0.15) is 5.10 Å². The average molecular weight is 395 g/mol. The fraction of sp³-hybridized carbons (Fsp3) is 0.278. The predicted octanol–water partition coefficient (Wildman–Crippen LogP) is 2.77. The third-order valence-electron chi connectivity index (χ3n) is 3.62. The zero-order valence-corrected chi connectivity index (χ0v) is 15.2.